The molecule has 0 aliphatic carbocycles. The molecule has 0 spiro atoms. The van der Waals surface area contributed by atoms with E-state index in [9.17, 15) is 13.2 Å². The molecule has 0 unspecified atom stereocenters. The Bertz CT molecular complexity index is 785. The Hall–Kier alpha value is -2.18. The number of sulfonamides is 1. The van der Waals surface area contributed by atoms with E-state index in [1.54, 1.807) is 12.1 Å². The van der Waals surface area contributed by atoms with Crippen molar-refractivity contribution in [3.05, 3.63) is 54.6 Å². The summed E-state index contributed by atoms with van der Waals surface area (Å²) >= 11 is 0. The first-order valence-electron chi connectivity index (χ1n) is 7.40. The third kappa shape index (κ3) is 3.60. The zero-order valence-electron chi connectivity index (χ0n) is 12.5. The van der Waals surface area contributed by atoms with E-state index in [1.165, 1.54) is 16.4 Å². The molecule has 6 heteroatoms. The maximum Gasteiger partial charge on any atom is 0.243 e. The van der Waals surface area contributed by atoms with Crippen molar-refractivity contribution in [3.8, 4) is 11.5 Å². The predicted octanol–water partition coefficient (Wildman–Crippen LogP) is 2.83. The lowest BCUT2D eigenvalue weighted by molar-refractivity contribution is -0.120. The van der Waals surface area contributed by atoms with Gasteiger partial charge in [0.2, 0.25) is 10.0 Å². The van der Waals surface area contributed by atoms with Crippen molar-refractivity contribution in [1.29, 1.82) is 0 Å². The number of rotatable bonds is 4. The molecule has 0 saturated carbocycles. The van der Waals surface area contributed by atoms with Gasteiger partial charge in [0.05, 0.1) is 11.4 Å². The van der Waals surface area contributed by atoms with Gasteiger partial charge in [-0.25, -0.2) is 8.42 Å². The van der Waals surface area contributed by atoms with Crippen molar-refractivity contribution < 1.29 is 17.9 Å². The van der Waals surface area contributed by atoms with E-state index in [2.05, 4.69) is 0 Å². The molecule has 1 heterocycles. The van der Waals surface area contributed by atoms with E-state index < -0.39 is 10.0 Å². The number of para-hydroxylation sites is 1. The fraction of sp³-hybridized carbons (Fsp3) is 0.235. The molecule has 23 heavy (non-hydrogen) atoms. The summed E-state index contributed by atoms with van der Waals surface area (Å²) in [5.41, 5.74) is 0. The smallest absolute Gasteiger partial charge is 0.243 e. The van der Waals surface area contributed by atoms with Gasteiger partial charge in [-0.15, -0.1) is 0 Å². The lowest BCUT2D eigenvalue weighted by Gasteiger charge is -2.25. The normalized spacial score (nSPS) is 16.3. The number of benzene rings is 2. The second-order valence-corrected chi connectivity index (χ2v) is 7.31. The van der Waals surface area contributed by atoms with Crippen LogP contribution in [-0.4, -0.2) is 31.6 Å². The molecule has 0 radical (unpaired) electrons. The molecule has 1 saturated heterocycles. The van der Waals surface area contributed by atoms with Crippen molar-refractivity contribution in [3.63, 3.8) is 0 Å². The number of ketones is 1. The van der Waals surface area contributed by atoms with Gasteiger partial charge >= 0.3 is 0 Å². The van der Waals surface area contributed by atoms with E-state index >= 15 is 0 Å². The second-order valence-electron chi connectivity index (χ2n) is 5.37. The van der Waals surface area contributed by atoms with E-state index in [-0.39, 0.29) is 17.2 Å². The summed E-state index contributed by atoms with van der Waals surface area (Å²) in [7, 11) is -3.63. The first-order valence-corrected chi connectivity index (χ1v) is 8.84. The van der Waals surface area contributed by atoms with Crippen LogP contribution in [0.4, 0.5) is 0 Å². The largest absolute Gasteiger partial charge is 0.457 e. The lowest BCUT2D eigenvalue weighted by atomic mass is 10.1. The predicted molar refractivity (Wildman–Crippen MR) is 86.0 cm³/mol. The summed E-state index contributed by atoms with van der Waals surface area (Å²) in [5.74, 6) is 1.21. The van der Waals surface area contributed by atoms with Gasteiger partial charge in [0.25, 0.3) is 0 Å². The van der Waals surface area contributed by atoms with Crippen molar-refractivity contribution in [1.82, 2.24) is 4.31 Å². The molecule has 5 nitrogen and oxygen atoms in total. The van der Waals surface area contributed by atoms with Crippen LogP contribution in [0.3, 0.4) is 0 Å². The third-order valence-corrected chi connectivity index (χ3v) is 5.52. The fourth-order valence-corrected chi connectivity index (χ4v) is 3.93. The first kappa shape index (κ1) is 15.7. The number of Topliss-reactive ketones (excluding diaryl/α,β-unsaturated/α-hetero) is 1. The van der Waals surface area contributed by atoms with Crippen LogP contribution >= 0.6 is 0 Å². The number of hydrogen-bond acceptors (Lipinski definition) is 4. The Kier molecular flexibility index (Phi) is 4.45. The van der Waals surface area contributed by atoms with Gasteiger partial charge in [0.1, 0.15) is 17.3 Å². The van der Waals surface area contributed by atoms with Gasteiger partial charge in [0, 0.05) is 13.0 Å². The molecule has 2 aromatic carbocycles. The number of ether oxygens (including phenoxy) is 1. The molecule has 1 aliphatic heterocycles. The standard InChI is InChI=1S/C17H17NO4S/c19-14-5-4-12-18(13-14)23(20,21)17-10-8-16(9-11-17)22-15-6-2-1-3-7-15/h1-3,6-11H,4-5,12-13H2. The number of nitrogens with zero attached hydrogens (tertiary/aromatic N) is 1. The van der Waals surface area contributed by atoms with Crippen LogP contribution in [0.15, 0.2) is 59.5 Å². The maximum atomic E-state index is 12.5. The number of carbonyl (C=O) groups is 1. The average molecular weight is 331 g/mol. The molecule has 120 valence electrons. The fourth-order valence-electron chi connectivity index (χ4n) is 2.47. The SMILES string of the molecule is O=C1CCCN(S(=O)(=O)c2ccc(Oc3ccccc3)cc2)C1. The quantitative estimate of drug-likeness (QED) is 0.864. The highest BCUT2D eigenvalue weighted by Gasteiger charge is 2.29. The minimum Gasteiger partial charge on any atom is -0.457 e. The second kappa shape index (κ2) is 6.52. The Morgan fingerprint density at radius 3 is 2.22 bits per heavy atom. The van der Waals surface area contributed by atoms with Gasteiger partial charge in [-0.05, 0) is 42.8 Å². The van der Waals surface area contributed by atoms with Gasteiger partial charge < -0.3 is 4.74 Å². The van der Waals surface area contributed by atoms with Crippen LogP contribution in [0.25, 0.3) is 0 Å². The highest BCUT2D eigenvalue weighted by molar-refractivity contribution is 7.89. The van der Waals surface area contributed by atoms with Crippen LogP contribution < -0.4 is 4.74 Å². The summed E-state index contributed by atoms with van der Waals surface area (Å²) in [6.45, 7) is 0.348. The van der Waals surface area contributed by atoms with E-state index in [4.69, 9.17) is 4.74 Å². The zero-order valence-corrected chi connectivity index (χ0v) is 13.3. The topological polar surface area (TPSA) is 63.7 Å². The maximum absolute atomic E-state index is 12.5. The average Bonchev–Trinajstić information content (AvgIpc) is 2.56. The van der Waals surface area contributed by atoms with Gasteiger partial charge in [-0.1, -0.05) is 18.2 Å². The molecule has 0 N–H and O–H groups in total. The van der Waals surface area contributed by atoms with Gasteiger partial charge in [-0.2, -0.15) is 4.31 Å². The van der Waals surface area contributed by atoms with Crippen molar-refractivity contribution in [2.75, 3.05) is 13.1 Å². The van der Waals surface area contributed by atoms with Crippen LogP contribution in [0.2, 0.25) is 0 Å². The van der Waals surface area contributed by atoms with Crippen molar-refractivity contribution in [2.24, 2.45) is 0 Å². The highest BCUT2D eigenvalue weighted by atomic mass is 32.2. The number of piperidine rings is 1. The molecule has 3 rings (SSSR count). The summed E-state index contributed by atoms with van der Waals surface area (Å²) < 4.78 is 32.0. The van der Waals surface area contributed by atoms with E-state index in [0.717, 1.165) is 0 Å². The molecular weight excluding hydrogens is 314 g/mol. The molecular formula is C17H17NO4S. The van der Waals surface area contributed by atoms with E-state index in [1.807, 2.05) is 30.3 Å². The zero-order chi connectivity index (χ0) is 16.3. The highest BCUT2D eigenvalue weighted by Crippen LogP contribution is 2.25. The lowest BCUT2D eigenvalue weighted by Crippen LogP contribution is -2.40. The molecule has 0 amide bonds. The summed E-state index contributed by atoms with van der Waals surface area (Å²) in [4.78, 5) is 11.7. The molecule has 1 aliphatic rings. The van der Waals surface area contributed by atoms with Crippen molar-refractivity contribution >= 4 is 15.8 Å². The van der Waals surface area contributed by atoms with Gasteiger partial charge in [0.15, 0.2) is 0 Å². The molecule has 0 bridgehead atoms. The Labute approximate surface area is 135 Å². The van der Waals surface area contributed by atoms with Crippen molar-refractivity contribution in [2.45, 2.75) is 17.7 Å². The van der Waals surface area contributed by atoms with Crippen LogP contribution in [0, 0.1) is 0 Å². The Morgan fingerprint density at radius 1 is 0.913 bits per heavy atom. The molecule has 2 aromatic rings. The third-order valence-electron chi connectivity index (χ3n) is 3.66. The summed E-state index contributed by atoms with van der Waals surface area (Å²) in [5, 5.41) is 0. The Morgan fingerprint density at radius 2 is 1.57 bits per heavy atom. The Balaban J connectivity index is 1.77. The first-order chi connectivity index (χ1) is 11.1. The molecule has 1 fully saturated rings. The molecule has 0 aromatic heterocycles. The molecule has 0 atom stereocenters. The summed E-state index contributed by atoms with van der Waals surface area (Å²) in [6.07, 6.45) is 1.03. The van der Waals surface area contributed by atoms with Crippen LogP contribution in [0.1, 0.15) is 12.8 Å². The van der Waals surface area contributed by atoms with Gasteiger partial charge in [-0.3, -0.25) is 4.79 Å². The van der Waals surface area contributed by atoms with Crippen LogP contribution in [0.5, 0.6) is 11.5 Å². The van der Waals surface area contributed by atoms with Crippen LogP contribution in [-0.2, 0) is 14.8 Å². The number of hydrogen-bond donors (Lipinski definition) is 0. The minimum absolute atomic E-state index is 0.0371. The monoisotopic (exact) mass is 331 g/mol. The van der Waals surface area contributed by atoms with E-state index in [0.29, 0.717) is 30.9 Å². The summed E-state index contributed by atoms with van der Waals surface area (Å²) in [6, 6.07) is 15.5. The number of carbonyl (C=O) groups excluding carboxylic acids is 1. The minimum atomic E-state index is -3.63.